The number of ether oxygens (including phenoxy) is 1. The van der Waals surface area contributed by atoms with E-state index in [2.05, 4.69) is 5.32 Å². The van der Waals surface area contributed by atoms with Gasteiger partial charge in [-0.1, -0.05) is 32.0 Å². The summed E-state index contributed by atoms with van der Waals surface area (Å²) in [6, 6.07) is 10.8. The molecule has 0 aliphatic carbocycles. The van der Waals surface area contributed by atoms with Gasteiger partial charge in [0.15, 0.2) is 6.61 Å². The second-order valence-electron chi connectivity index (χ2n) is 5.85. The molecule has 7 nitrogen and oxygen atoms in total. The lowest BCUT2D eigenvalue weighted by atomic mass is 10.0. The smallest absolute Gasteiger partial charge is 0.338 e. The van der Waals surface area contributed by atoms with Crippen molar-refractivity contribution in [3.05, 3.63) is 59.2 Å². The van der Waals surface area contributed by atoms with Crippen LogP contribution in [0.2, 0.25) is 0 Å². The van der Waals surface area contributed by atoms with Crippen molar-refractivity contribution in [2.45, 2.75) is 31.6 Å². The third kappa shape index (κ3) is 5.38. The lowest BCUT2D eigenvalue weighted by Crippen LogP contribution is -2.22. The number of esters is 1. The fraction of sp³-hybridized carbons (Fsp3) is 0.263. The van der Waals surface area contributed by atoms with Crippen molar-refractivity contribution >= 4 is 27.6 Å². The van der Waals surface area contributed by atoms with E-state index in [0.29, 0.717) is 0 Å². The van der Waals surface area contributed by atoms with Crippen LogP contribution in [0.25, 0.3) is 0 Å². The second kappa shape index (κ2) is 8.79. The Balaban J connectivity index is 2.01. The molecule has 0 fully saturated rings. The largest absolute Gasteiger partial charge is 0.452 e. The third-order valence-electron chi connectivity index (χ3n) is 4.02. The molecule has 2 rings (SSSR count). The number of amides is 1. The molecule has 1 amide bonds. The highest BCUT2D eigenvalue weighted by Gasteiger charge is 2.14. The molecule has 3 N–H and O–H groups in total. The molecule has 144 valence electrons. The molecule has 0 aromatic heterocycles. The van der Waals surface area contributed by atoms with Gasteiger partial charge in [-0.15, -0.1) is 0 Å². The van der Waals surface area contributed by atoms with E-state index in [9.17, 15) is 18.0 Å². The first kappa shape index (κ1) is 20.6. The Morgan fingerprint density at radius 2 is 1.56 bits per heavy atom. The molecule has 0 aliphatic heterocycles. The van der Waals surface area contributed by atoms with Crippen molar-refractivity contribution in [1.82, 2.24) is 0 Å². The average molecular weight is 390 g/mol. The SMILES string of the molecule is CCc1cccc(CC)c1NC(=O)COC(=O)c1ccc(S(N)(=O)=O)cc1. The van der Waals surface area contributed by atoms with Crippen LogP contribution >= 0.6 is 0 Å². The lowest BCUT2D eigenvalue weighted by Gasteiger charge is -2.14. The summed E-state index contributed by atoms with van der Waals surface area (Å²) in [5.41, 5.74) is 2.89. The van der Waals surface area contributed by atoms with E-state index in [4.69, 9.17) is 9.88 Å². The number of para-hydroxylation sites is 1. The number of nitrogens with one attached hydrogen (secondary N) is 1. The van der Waals surface area contributed by atoms with E-state index in [0.717, 1.165) is 29.7 Å². The van der Waals surface area contributed by atoms with Crippen molar-refractivity contribution < 1.29 is 22.7 Å². The van der Waals surface area contributed by atoms with Crippen LogP contribution in [0.4, 0.5) is 5.69 Å². The molecular formula is C19H22N2O5S. The number of carbonyl (C=O) groups excluding carboxylic acids is 2. The quantitative estimate of drug-likeness (QED) is 0.704. The van der Waals surface area contributed by atoms with Gasteiger partial charge < -0.3 is 10.1 Å². The molecule has 0 radical (unpaired) electrons. The molecule has 0 saturated heterocycles. The Morgan fingerprint density at radius 3 is 2.04 bits per heavy atom. The summed E-state index contributed by atoms with van der Waals surface area (Å²) >= 11 is 0. The van der Waals surface area contributed by atoms with Gasteiger partial charge in [-0.05, 0) is 48.2 Å². The van der Waals surface area contributed by atoms with E-state index < -0.39 is 28.5 Å². The zero-order valence-electron chi connectivity index (χ0n) is 15.2. The highest BCUT2D eigenvalue weighted by molar-refractivity contribution is 7.89. The Bertz CT molecular complexity index is 915. The molecule has 0 spiro atoms. The first-order valence-electron chi connectivity index (χ1n) is 8.46. The average Bonchev–Trinajstić information content (AvgIpc) is 2.65. The number of anilines is 1. The highest BCUT2D eigenvalue weighted by atomic mass is 32.2. The summed E-state index contributed by atoms with van der Waals surface area (Å²) in [7, 11) is -3.84. The van der Waals surface area contributed by atoms with Gasteiger partial charge >= 0.3 is 5.97 Å². The molecule has 0 atom stereocenters. The van der Waals surface area contributed by atoms with Crippen LogP contribution in [0, 0.1) is 0 Å². The van der Waals surface area contributed by atoms with Crippen molar-refractivity contribution in [3.63, 3.8) is 0 Å². The topological polar surface area (TPSA) is 116 Å². The van der Waals surface area contributed by atoms with Crippen molar-refractivity contribution in [1.29, 1.82) is 0 Å². The van der Waals surface area contributed by atoms with Crippen LogP contribution in [0.15, 0.2) is 47.4 Å². The molecule has 8 heteroatoms. The van der Waals surface area contributed by atoms with Gasteiger partial charge in [-0.2, -0.15) is 0 Å². The summed E-state index contributed by atoms with van der Waals surface area (Å²) in [5.74, 6) is -1.18. The van der Waals surface area contributed by atoms with Gasteiger partial charge in [0.2, 0.25) is 10.0 Å². The Labute approximate surface area is 158 Å². The highest BCUT2D eigenvalue weighted by Crippen LogP contribution is 2.22. The zero-order chi connectivity index (χ0) is 20.0. The second-order valence-corrected chi connectivity index (χ2v) is 7.41. The standard InChI is InChI=1S/C19H22N2O5S/c1-3-13-6-5-7-14(4-2)18(13)21-17(22)12-26-19(23)15-8-10-16(11-9-15)27(20,24)25/h5-11H,3-4,12H2,1-2H3,(H,21,22)(H2,20,24,25). The first-order chi connectivity index (χ1) is 12.8. The number of benzene rings is 2. The molecular weight excluding hydrogens is 368 g/mol. The van der Waals surface area contributed by atoms with Gasteiger partial charge in [-0.3, -0.25) is 4.79 Å². The summed E-state index contributed by atoms with van der Waals surface area (Å²) < 4.78 is 27.4. The monoisotopic (exact) mass is 390 g/mol. The predicted molar refractivity (Wildman–Crippen MR) is 102 cm³/mol. The van der Waals surface area contributed by atoms with Crippen molar-refractivity contribution in [2.24, 2.45) is 5.14 Å². The summed E-state index contributed by atoms with van der Waals surface area (Å²) in [5, 5.41) is 7.81. The van der Waals surface area contributed by atoms with Crippen LogP contribution in [0.5, 0.6) is 0 Å². The number of rotatable bonds is 7. The van der Waals surface area contributed by atoms with E-state index in [1.807, 2.05) is 32.0 Å². The minimum Gasteiger partial charge on any atom is -0.452 e. The number of hydrogen-bond acceptors (Lipinski definition) is 5. The molecule has 0 bridgehead atoms. The number of primary sulfonamides is 1. The first-order valence-corrected chi connectivity index (χ1v) is 10.0. The molecule has 0 saturated carbocycles. The summed E-state index contributed by atoms with van der Waals surface area (Å²) in [6.45, 7) is 3.54. The molecule has 0 heterocycles. The zero-order valence-corrected chi connectivity index (χ0v) is 16.0. The van der Waals surface area contributed by atoms with Crippen molar-refractivity contribution in [3.8, 4) is 0 Å². The van der Waals surface area contributed by atoms with Crippen LogP contribution < -0.4 is 10.5 Å². The van der Waals surface area contributed by atoms with E-state index in [-0.39, 0.29) is 10.5 Å². The maximum Gasteiger partial charge on any atom is 0.338 e. The molecule has 0 aliphatic rings. The number of sulfonamides is 1. The van der Waals surface area contributed by atoms with Crippen LogP contribution in [0.3, 0.4) is 0 Å². The minimum absolute atomic E-state index is 0.111. The molecule has 2 aromatic rings. The van der Waals surface area contributed by atoms with E-state index in [1.165, 1.54) is 24.3 Å². The molecule has 27 heavy (non-hydrogen) atoms. The predicted octanol–water partition coefficient (Wildman–Crippen LogP) is 2.25. The van der Waals surface area contributed by atoms with Crippen LogP contribution in [-0.2, 0) is 32.4 Å². The molecule has 2 aromatic carbocycles. The minimum atomic E-state index is -3.84. The third-order valence-corrected chi connectivity index (χ3v) is 4.95. The maximum absolute atomic E-state index is 12.2. The number of carbonyl (C=O) groups is 2. The van der Waals surface area contributed by atoms with Crippen LogP contribution in [-0.4, -0.2) is 26.9 Å². The normalized spacial score (nSPS) is 11.1. The Kier molecular flexibility index (Phi) is 6.70. The Morgan fingerprint density at radius 1 is 1.00 bits per heavy atom. The fourth-order valence-electron chi connectivity index (χ4n) is 2.57. The van der Waals surface area contributed by atoms with E-state index in [1.54, 1.807) is 0 Å². The van der Waals surface area contributed by atoms with Gasteiger partial charge in [0.25, 0.3) is 5.91 Å². The summed E-state index contributed by atoms with van der Waals surface area (Å²) in [6.07, 6.45) is 1.53. The Hall–Kier alpha value is -2.71. The lowest BCUT2D eigenvalue weighted by molar-refractivity contribution is -0.119. The molecule has 0 unspecified atom stereocenters. The fourth-order valence-corrected chi connectivity index (χ4v) is 3.09. The van der Waals surface area contributed by atoms with Gasteiger partial charge in [0.05, 0.1) is 10.5 Å². The number of aryl methyl sites for hydroxylation is 2. The maximum atomic E-state index is 12.2. The van der Waals surface area contributed by atoms with Crippen molar-refractivity contribution in [2.75, 3.05) is 11.9 Å². The van der Waals surface area contributed by atoms with Crippen LogP contribution in [0.1, 0.15) is 35.3 Å². The van der Waals surface area contributed by atoms with Gasteiger partial charge in [-0.25, -0.2) is 18.4 Å². The van der Waals surface area contributed by atoms with Gasteiger partial charge in [0.1, 0.15) is 0 Å². The summed E-state index contributed by atoms with van der Waals surface area (Å²) in [4.78, 5) is 24.1. The van der Waals surface area contributed by atoms with E-state index >= 15 is 0 Å². The number of hydrogen-bond donors (Lipinski definition) is 2. The number of nitrogens with two attached hydrogens (primary N) is 1. The van der Waals surface area contributed by atoms with Gasteiger partial charge in [0, 0.05) is 5.69 Å².